The molecule has 1 aromatic heterocycles. The van der Waals surface area contributed by atoms with E-state index in [9.17, 15) is 0 Å². The SMILES string of the molecule is CN1CCNCC1c1noc(COC(c2ccccc2)c2ccccc2)n1. The first kappa shape index (κ1) is 17.9. The minimum atomic E-state index is -0.179. The molecule has 0 spiro atoms. The van der Waals surface area contributed by atoms with Crippen LogP contribution in [0.3, 0.4) is 0 Å². The highest BCUT2D eigenvalue weighted by Crippen LogP contribution is 2.27. The number of benzene rings is 2. The van der Waals surface area contributed by atoms with E-state index in [1.54, 1.807) is 0 Å². The lowest BCUT2D eigenvalue weighted by Crippen LogP contribution is -2.44. The molecule has 0 aliphatic carbocycles. The second-order valence-electron chi connectivity index (χ2n) is 6.76. The van der Waals surface area contributed by atoms with Crippen LogP contribution in [-0.2, 0) is 11.3 Å². The van der Waals surface area contributed by atoms with Gasteiger partial charge < -0.3 is 14.6 Å². The lowest BCUT2D eigenvalue weighted by atomic mass is 10.0. The normalized spacial score (nSPS) is 18.1. The van der Waals surface area contributed by atoms with Crippen molar-refractivity contribution in [2.75, 3.05) is 26.7 Å². The highest BCUT2D eigenvalue weighted by atomic mass is 16.5. The van der Waals surface area contributed by atoms with Crippen LogP contribution in [0.2, 0.25) is 0 Å². The van der Waals surface area contributed by atoms with Crippen LogP contribution in [0, 0.1) is 0 Å². The number of aromatic nitrogens is 2. The van der Waals surface area contributed by atoms with Crippen LogP contribution in [0.5, 0.6) is 0 Å². The van der Waals surface area contributed by atoms with Crippen LogP contribution in [0.25, 0.3) is 0 Å². The van der Waals surface area contributed by atoms with Gasteiger partial charge in [-0.05, 0) is 18.2 Å². The highest BCUT2D eigenvalue weighted by molar-refractivity contribution is 5.29. The second-order valence-corrected chi connectivity index (χ2v) is 6.76. The first-order chi connectivity index (χ1) is 13.3. The van der Waals surface area contributed by atoms with Gasteiger partial charge in [-0.25, -0.2) is 0 Å². The van der Waals surface area contributed by atoms with Gasteiger partial charge in [0.2, 0.25) is 0 Å². The van der Waals surface area contributed by atoms with E-state index in [4.69, 9.17) is 9.26 Å². The fourth-order valence-corrected chi connectivity index (χ4v) is 3.35. The molecule has 2 heterocycles. The van der Waals surface area contributed by atoms with Crippen LogP contribution in [0.1, 0.15) is 35.0 Å². The van der Waals surface area contributed by atoms with Crippen molar-refractivity contribution in [2.45, 2.75) is 18.8 Å². The van der Waals surface area contributed by atoms with Crippen molar-refractivity contribution in [2.24, 2.45) is 0 Å². The number of hydrogen-bond acceptors (Lipinski definition) is 6. The average Bonchev–Trinajstić information content (AvgIpc) is 3.19. The molecular weight excluding hydrogens is 340 g/mol. The lowest BCUT2D eigenvalue weighted by Gasteiger charge is -2.30. The van der Waals surface area contributed by atoms with Crippen molar-refractivity contribution in [1.29, 1.82) is 0 Å². The Balaban J connectivity index is 1.48. The number of ether oxygens (including phenoxy) is 1. The van der Waals surface area contributed by atoms with Gasteiger partial charge in [-0.15, -0.1) is 0 Å². The molecule has 2 aromatic carbocycles. The number of likely N-dealkylation sites (N-methyl/N-ethyl adjacent to an activating group) is 1. The third kappa shape index (κ3) is 4.24. The van der Waals surface area contributed by atoms with Gasteiger partial charge in [-0.1, -0.05) is 65.8 Å². The molecule has 1 aliphatic rings. The van der Waals surface area contributed by atoms with E-state index in [-0.39, 0.29) is 18.8 Å². The molecule has 3 aromatic rings. The Morgan fingerprint density at radius 1 is 1.11 bits per heavy atom. The maximum absolute atomic E-state index is 6.20. The molecule has 4 rings (SSSR count). The Hall–Kier alpha value is -2.54. The summed E-state index contributed by atoms with van der Waals surface area (Å²) in [7, 11) is 2.08. The number of nitrogens with zero attached hydrogens (tertiary/aromatic N) is 3. The number of hydrogen-bond donors (Lipinski definition) is 1. The van der Waals surface area contributed by atoms with Gasteiger partial charge in [0.15, 0.2) is 5.82 Å². The van der Waals surface area contributed by atoms with Gasteiger partial charge in [0.1, 0.15) is 12.7 Å². The maximum Gasteiger partial charge on any atom is 0.252 e. The first-order valence-electron chi connectivity index (χ1n) is 9.26. The summed E-state index contributed by atoms with van der Waals surface area (Å²) in [5.74, 6) is 1.21. The zero-order valence-corrected chi connectivity index (χ0v) is 15.4. The van der Waals surface area contributed by atoms with E-state index >= 15 is 0 Å². The summed E-state index contributed by atoms with van der Waals surface area (Å²) in [6.07, 6.45) is -0.179. The van der Waals surface area contributed by atoms with E-state index in [0.717, 1.165) is 30.8 Å². The van der Waals surface area contributed by atoms with Gasteiger partial charge in [-0.3, -0.25) is 4.90 Å². The van der Waals surface area contributed by atoms with E-state index < -0.39 is 0 Å². The summed E-state index contributed by atoms with van der Waals surface area (Å²) in [6.45, 7) is 3.05. The van der Waals surface area contributed by atoms with Crippen LogP contribution in [0.15, 0.2) is 65.2 Å². The summed E-state index contributed by atoms with van der Waals surface area (Å²) in [4.78, 5) is 6.80. The highest BCUT2D eigenvalue weighted by Gasteiger charge is 2.25. The van der Waals surface area contributed by atoms with Crippen LogP contribution < -0.4 is 5.32 Å². The molecule has 1 saturated heterocycles. The summed E-state index contributed by atoms with van der Waals surface area (Å²) >= 11 is 0. The standard InChI is InChI=1S/C21H24N4O2/c1-25-13-12-22-14-18(25)21-23-19(27-24-21)15-26-20(16-8-4-2-5-9-16)17-10-6-3-7-11-17/h2-11,18,20,22H,12-15H2,1H3. The van der Waals surface area contributed by atoms with Gasteiger partial charge in [0.25, 0.3) is 5.89 Å². The maximum atomic E-state index is 6.20. The molecule has 1 N–H and O–H groups in total. The Kier molecular flexibility index (Phi) is 5.58. The van der Waals surface area contributed by atoms with Crippen molar-refractivity contribution in [3.63, 3.8) is 0 Å². The largest absolute Gasteiger partial charge is 0.359 e. The minimum absolute atomic E-state index is 0.135. The van der Waals surface area contributed by atoms with E-state index in [2.05, 4.69) is 51.7 Å². The lowest BCUT2D eigenvalue weighted by molar-refractivity contribution is 0.0492. The number of rotatable bonds is 6. The van der Waals surface area contributed by atoms with Crippen molar-refractivity contribution in [3.8, 4) is 0 Å². The molecule has 6 heteroatoms. The first-order valence-corrected chi connectivity index (χ1v) is 9.26. The molecule has 1 unspecified atom stereocenters. The van der Waals surface area contributed by atoms with Gasteiger partial charge in [-0.2, -0.15) is 4.98 Å². The van der Waals surface area contributed by atoms with Gasteiger partial charge >= 0.3 is 0 Å². The summed E-state index contributed by atoms with van der Waals surface area (Å²) in [5.41, 5.74) is 2.19. The molecule has 0 amide bonds. The summed E-state index contributed by atoms with van der Waals surface area (Å²) in [6, 6.07) is 20.5. The molecular formula is C21H24N4O2. The van der Waals surface area contributed by atoms with Gasteiger partial charge in [0.05, 0.1) is 6.04 Å². The molecule has 6 nitrogen and oxygen atoms in total. The molecule has 1 aliphatic heterocycles. The third-order valence-corrected chi connectivity index (χ3v) is 4.87. The average molecular weight is 364 g/mol. The van der Waals surface area contributed by atoms with Crippen LogP contribution in [0.4, 0.5) is 0 Å². The molecule has 0 bridgehead atoms. The quantitative estimate of drug-likeness (QED) is 0.726. The van der Waals surface area contributed by atoms with Crippen molar-refractivity contribution >= 4 is 0 Å². The predicted octanol–water partition coefficient (Wildman–Crippen LogP) is 2.95. The van der Waals surface area contributed by atoms with Gasteiger partial charge in [0, 0.05) is 19.6 Å². The fourth-order valence-electron chi connectivity index (χ4n) is 3.35. The van der Waals surface area contributed by atoms with Crippen LogP contribution >= 0.6 is 0 Å². The third-order valence-electron chi connectivity index (χ3n) is 4.87. The zero-order valence-electron chi connectivity index (χ0n) is 15.4. The number of nitrogens with one attached hydrogen (secondary N) is 1. The van der Waals surface area contributed by atoms with Crippen molar-refractivity contribution in [3.05, 3.63) is 83.5 Å². The smallest absolute Gasteiger partial charge is 0.252 e. The number of piperazine rings is 1. The topological polar surface area (TPSA) is 63.4 Å². The summed E-state index contributed by atoms with van der Waals surface area (Å²) in [5, 5.41) is 7.54. The van der Waals surface area contributed by atoms with Crippen molar-refractivity contribution < 1.29 is 9.26 Å². The predicted molar refractivity (Wildman–Crippen MR) is 102 cm³/mol. The Morgan fingerprint density at radius 2 is 1.78 bits per heavy atom. The van der Waals surface area contributed by atoms with E-state index in [1.807, 2.05) is 36.4 Å². The van der Waals surface area contributed by atoms with Crippen molar-refractivity contribution in [1.82, 2.24) is 20.4 Å². The molecule has 140 valence electrons. The Morgan fingerprint density at radius 3 is 2.41 bits per heavy atom. The fraction of sp³-hybridized carbons (Fsp3) is 0.333. The molecule has 27 heavy (non-hydrogen) atoms. The molecule has 0 saturated carbocycles. The Bertz CT molecular complexity index is 798. The minimum Gasteiger partial charge on any atom is -0.359 e. The zero-order chi connectivity index (χ0) is 18.5. The van der Waals surface area contributed by atoms with Crippen LogP contribution in [-0.4, -0.2) is 41.7 Å². The van der Waals surface area contributed by atoms with E-state index in [1.165, 1.54) is 0 Å². The Labute approximate surface area is 159 Å². The van der Waals surface area contributed by atoms with E-state index in [0.29, 0.717) is 11.7 Å². The molecule has 0 radical (unpaired) electrons. The summed E-state index contributed by atoms with van der Waals surface area (Å²) < 4.78 is 11.7. The second kappa shape index (κ2) is 8.43. The monoisotopic (exact) mass is 364 g/mol. The molecule has 1 atom stereocenters. The molecule has 1 fully saturated rings.